The molecule has 0 spiro atoms. The van der Waals surface area contributed by atoms with E-state index in [0.29, 0.717) is 6.54 Å². The van der Waals surface area contributed by atoms with Crippen molar-refractivity contribution < 1.29 is 9.90 Å². The fourth-order valence-corrected chi connectivity index (χ4v) is 3.12. The lowest BCUT2D eigenvalue weighted by Gasteiger charge is -2.22. The molecule has 1 unspecified atom stereocenters. The summed E-state index contributed by atoms with van der Waals surface area (Å²) in [6.07, 6.45) is 4.22. The minimum atomic E-state index is -0.698. The Labute approximate surface area is 109 Å². The molecule has 2 aromatic rings. The van der Waals surface area contributed by atoms with Gasteiger partial charge in [0.2, 0.25) is 0 Å². The molecule has 0 fully saturated rings. The van der Waals surface area contributed by atoms with Gasteiger partial charge in [-0.1, -0.05) is 6.07 Å². The molecule has 0 amide bonds. The lowest BCUT2D eigenvalue weighted by molar-refractivity contribution is -0.142. The Balaban J connectivity index is 1.85. The van der Waals surface area contributed by atoms with E-state index in [2.05, 4.69) is 21.0 Å². The van der Waals surface area contributed by atoms with Gasteiger partial charge in [0.25, 0.3) is 0 Å². The standard InChI is InChI=1S/C13H14N2O2S/c16-13(17)9-3-4-10-7-14-12(15(10)8-9)6-11-2-1-5-18-11/h1-2,5,7,9H,3-4,6,8H2,(H,16,17). The van der Waals surface area contributed by atoms with E-state index in [1.165, 1.54) is 10.6 Å². The van der Waals surface area contributed by atoms with Gasteiger partial charge in [0.1, 0.15) is 5.82 Å². The van der Waals surface area contributed by atoms with Gasteiger partial charge < -0.3 is 9.67 Å². The van der Waals surface area contributed by atoms with Gasteiger partial charge in [0.15, 0.2) is 0 Å². The van der Waals surface area contributed by atoms with Gasteiger partial charge in [0.05, 0.1) is 5.92 Å². The monoisotopic (exact) mass is 262 g/mol. The van der Waals surface area contributed by atoms with Crippen molar-refractivity contribution in [3.8, 4) is 0 Å². The van der Waals surface area contributed by atoms with E-state index in [0.717, 1.165) is 25.1 Å². The number of nitrogens with zero attached hydrogens (tertiary/aromatic N) is 2. The summed E-state index contributed by atoms with van der Waals surface area (Å²) in [6.45, 7) is 0.561. The van der Waals surface area contributed by atoms with Crippen molar-refractivity contribution in [2.75, 3.05) is 0 Å². The highest BCUT2D eigenvalue weighted by atomic mass is 32.1. The lowest BCUT2D eigenvalue weighted by Crippen LogP contribution is -2.27. The molecule has 0 saturated heterocycles. The van der Waals surface area contributed by atoms with Gasteiger partial charge in [-0.25, -0.2) is 4.98 Å². The zero-order valence-electron chi connectivity index (χ0n) is 9.87. The predicted octanol–water partition coefficient (Wildman–Crippen LogP) is 2.18. The Morgan fingerprint density at radius 2 is 2.50 bits per heavy atom. The molecule has 1 atom stereocenters. The van der Waals surface area contributed by atoms with E-state index in [4.69, 9.17) is 5.11 Å². The lowest BCUT2D eigenvalue weighted by atomic mass is 9.98. The molecule has 5 heteroatoms. The average molecular weight is 262 g/mol. The van der Waals surface area contributed by atoms with Crippen LogP contribution in [0.5, 0.6) is 0 Å². The SMILES string of the molecule is O=C(O)C1CCc2cnc(Cc3cccs3)n2C1. The van der Waals surface area contributed by atoms with Crippen molar-refractivity contribution in [2.45, 2.75) is 25.8 Å². The molecule has 1 aliphatic heterocycles. The van der Waals surface area contributed by atoms with Crippen LogP contribution < -0.4 is 0 Å². The third-order valence-corrected chi connectivity index (χ3v) is 4.31. The van der Waals surface area contributed by atoms with Gasteiger partial charge in [-0.15, -0.1) is 11.3 Å². The van der Waals surface area contributed by atoms with Crippen LogP contribution in [0.15, 0.2) is 23.7 Å². The molecular weight excluding hydrogens is 248 g/mol. The summed E-state index contributed by atoms with van der Waals surface area (Å²) < 4.78 is 2.09. The van der Waals surface area contributed by atoms with Crippen molar-refractivity contribution in [3.05, 3.63) is 40.1 Å². The number of aryl methyl sites for hydroxylation is 1. The minimum Gasteiger partial charge on any atom is -0.481 e. The summed E-state index contributed by atoms with van der Waals surface area (Å²) >= 11 is 1.71. The first-order valence-electron chi connectivity index (χ1n) is 6.02. The first kappa shape index (κ1) is 11.5. The number of aliphatic carboxylic acids is 1. The molecular formula is C13H14N2O2S. The molecule has 4 nitrogen and oxygen atoms in total. The van der Waals surface area contributed by atoms with Gasteiger partial charge in [-0.05, 0) is 24.3 Å². The Bertz CT molecular complexity index is 560. The van der Waals surface area contributed by atoms with Crippen molar-refractivity contribution >= 4 is 17.3 Å². The maximum atomic E-state index is 11.1. The number of fused-ring (bicyclic) bond motifs is 1. The van der Waals surface area contributed by atoms with E-state index in [1.54, 1.807) is 11.3 Å². The summed E-state index contributed by atoms with van der Waals surface area (Å²) in [4.78, 5) is 16.8. The molecule has 0 aliphatic carbocycles. The van der Waals surface area contributed by atoms with E-state index in [-0.39, 0.29) is 5.92 Å². The normalized spacial score (nSPS) is 18.6. The average Bonchev–Trinajstić information content (AvgIpc) is 2.99. The van der Waals surface area contributed by atoms with Crippen molar-refractivity contribution in [3.63, 3.8) is 0 Å². The van der Waals surface area contributed by atoms with E-state index in [9.17, 15) is 4.79 Å². The van der Waals surface area contributed by atoms with Crippen LogP contribution in [0.2, 0.25) is 0 Å². The maximum absolute atomic E-state index is 11.1. The number of carboxylic acids is 1. The van der Waals surface area contributed by atoms with E-state index >= 15 is 0 Å². The van der Waals surface area contributed by atoms with Crippen LogP contribution in [-0.2, 0) is 24.2 Å². The van der Waals surface area contributed by atoms with Gasteiger partial charge in [-0.3, -0.25) is 4.79 Å². The third kappa shape index (κ3) is 2.06. The molecule has 0 bridgehead atoms. The number of thiophene rings is 1. The summed E-state index contributed by atoms with van der Waals surface area (Å²) in [7, 11) is 0. The topological polar surface area (TPSA) is 55.1 Å². The van der Waals surface area contributed by atoms with Crippen LogP contribution in [0.3, 0.4) is 0 Å². The number of imidazole rings is 1. The Kier molecular flexibility index (Phi) is 2.91. The summed E-state index contributed by atoms with van der Waals surface area (Å²) in [5.41, 5.74) is 1.17. The minimum absolute atomic E-state index is 0.270. The summed E-state index contributed by atoms with van der Waals surface area (Å²) in [5, 5.41) is 11.2. The molecule has 1 aliphatic rings. The number of aromatic nitrogens is 2. The highest BCUT2D eigenvalue weighted by Gasteiger charge is 2.26. The number of hydrogen-bond donors (Lipinski definition) is 1. The van der Waals surface area contributed by atoms with E-state index in [1.807, 2.05) is 12.3 Å². The van der Waals surface area contributed by atoms with Crippen molar-refractivity contribution in [1.29, 1.82) is 0 Å². The molecule has 0 saturated carbocycles. The largest absolute Gasteiger partial charge is 0.481 e. The van der Waals surface area contributed by atoms with Crippen LogP contribution in [0.1, 0.15) is 22.8 Å². The Morgan fingerprint density at radius 3 is 3.22 bits per heavy atom. The number of rotatable bonds is 3. The fraction of sp³-hybridized carbons (Fsp3) is 0.385. The van der Waals surface area contributed by atoms with Crippen LogP contribution in [0.4, 0.5) is 0 Å². The van der Waals surface area contributed by atoms with Crippen molar-refractivity contribution in [2.24, 2.45) is 5.92 Å². The van der Waals surface area contributed by atoms with Crippen LogP contribution in [0.25, 0.3) is 0 Å². The molecule has 2 aromatic heterocycles. The Morgan fingerprint density at radius 1 is 1.61 bits per heavy atom. The summed E-state index contributed by atoms with van der Waals surface area (Å²) in [5.74, 6) is 0.0172. The van der Waals surface area contributed by atoms with E-state index < -0.39 is 5.97 Å². The van der Waals surface area contributed by atoms with Crippen LogP contribution in [0, 0.1) is 5.92 Å². The molecule has 0 radical (unpaired) electrons. The smallest absolute Gasteiger partial charge is 0.308 e. The number of carboxylic acid groups (broad SMARTS) is 1. The zero-order chi connectivity index (χ0) is 12.5. The molecule has 1 N–H and O–H groups in total. The first-order valence-corrected chi connectivity index (χ1v) is 6.90. The van der Waals surface area contributed by atoms with Crippen LogP contribution in [-0.4, -0.2) is 20.6 Å². The molecule has 18 heavy (non-hydrogen) atoms. The van der Waals surface area contributed by atoms with Gasteiger partial charge >= 0.3 is 5.97 Å². The molecule has 94 valence electrons. The van der Waals surface area contributed by atoms with Gasteiger partial charge in [0, 0.05) is 29.7 Å². The summed E-state index contributed by atoms with van der Waals surface area (Å²) in [6, 6.07) is 4.11. The third-order valence-electron chi connectivity index (χ3n) is 3.43. The molecule has 0 aromatic carbocycles. The zero-order valence-corrected chi connectivity index (χ0v) is 10.7. The second-order valence-electron chi connectivity index (χ2n) is 4.61. The maximum Gasteiger partial charge on any atom is 0.308 e. The molecule has 3 rings (SSSR count). The van der Waals surface area contributed by atoms with Crippen molar-refractivity contribution in [1.82, 2.24) is 9.55 Å². The predicted molar refractivity (Wildman–Crippen MR) is 68.8 cm³/mol. The van der Waals surface area contributed by atoms with Gasteiger partial charge in [-0.2, -0.15) is 0 Å². The molecule has 3 heterocycles. The highest BCUT2D eigenvalue weighted by Crippen LogP contribution is 2.23. The van der Waals surface area contributed by atoms with Crippen LogP contribution >= 0.6 is 11.3 Å². The first-order chi connectivity index (χ1) is 8.74. The second kappa shape index (κ2) is 4.57. The fourth-order valence-electron chi connectivity index (χ4n) is 2.42. The quantitative estimate of drug-likeness (QED) is 0.922. The Hall–Kier alpha value is -1.62. The number of carbonyl (C=O) groups is 1. The second-order valence-corrected chi connectivity index (χ2v) is 5.64. The number of hydrogen-bond acceptors (Lipinski definition) is 3. The highest BCUT2D eigenvalue weighted by molar-refractivity contribution is 7.09.